The van der Waals surface area contributed by atoms with Crippen LogP contribution in [-0.4, -0.2) is 34.5 Å². The molecule has 1 aliphatic rings. The SMILES string of the molecule is CC(C)(C)C(=O)N(CC(=O)O)C1CCCCC1. The van der Waals surface area contributed by atoms with E-state index in [-0.39, 0.29) is 18.5 Å². The Labute approximate surface area is 103 Å². The monoisotopic (exact) mass is 241 g/mol. The van der Waals surface area contributed by atoms with Crippen LogP contribution in [0.5, 0.6) is 0 Å². The minimum Gasteiger partial charge on any atom is -0.480 e. The topological polar surface area (TPSA) is 57.6 Å². The average molecular weight is 241 g/mol. The molecule has 4 heteroatoms. The summed E-state index contributed by atoms with van der Waals surface area (Å²) < 4.78 is 0. The van der Waals surface area contributed by atoms with Crippen molar-refractivity contribution in [3.8, 4) is 0 Å². The number of rotatable bonds is 3. The molecule has 0 aliphatic heterocycles. The number of amides is 1. The number of carbonyl (C=O) groups is 2. The zero-order valence-corrected chi connectivity index (χ0v) is 11.0. The lowest BCUT2D eigenvalue weighted by Crippen LogP contribution is -2.48. The van der Waals surface area contributed by atoms with Gasteiger partial charge >= 0.3 is 5.97 Å². The highest BCUT2D eigenvalue weighted by atomic mass is 16.4. The molecule has 1 aliphatic carbocycles. The van der Waals surface area contributed by atoms with Crippen molar-refractivity contribution in [2.75, 3.05) is 6.54 Å². The molecular weight excluding hydrogens is 218 g/mol. The number of aliphatic carboxylic acids is 1. The van der Waals surface area contributed by atoms with Crippen molar-refractivity contribution in [2.45, 2.75) is 58.9 Å². The second-order valence-electron chi connectivity index (χ2n) is 5.87. The second kappa shape index (κ2) is 5.52. The molecule has 0 heterocycles. The quantitative estimate of drug-likeness (QED) is 0.824. The zero-order chi connectivity index (χ0) is 13.1. The summed E-state index contributed by atoms with van der Waals surface area (Å²) in [5.41, 5.74) is -0.507. The molecule has 1 fully saturated rings. The summed E-state index contributed by atoms with van der Waals surface area (Å²) >= 11 is 0. The zero-order valence-electron chi connectivity index (χ0n) is 11.0. The standard InChI is InChI=1S/C13H23NO3/c1-13(2,3)12(17)14(9-11(15)16)10-7-5-4-6-8-10/h10H,4-9H2,1-3H3,(H,15,16). The van der Waals surface area contributed by atoms with Crippen molar-refractivity contribution in [3.05, 3.63) is 0 Å². The van der Waals surface area contributed by atoms with Crippen molar-refractivity contribution >= 4 is 11.9 Å². The van der Waals surface area contributed by atoms with Gasteiger partial charge in [-0.3, -0.25) is 9.59 Å². The molecule has 0 bridgehead atoms. The van der Waals surface area contributed by atoms with E-state index in [1.165, 1.54) is 6.42 Å². The number of carboxylic acid groups (broad SMARTS) is 1. The number of carboxylic acids is 1. The molecule has 0 saturated heterocycles. The first-order valence-electron chi connectivity index (χ1n) is 6.35. The van der Waals surface area contributed by atoms with Gasteiger partial charge in [0.2, 0.25) is 5.91 Å². The molecule has 1 saturated carbocycles. The summed E-state index contributed by atoms with van der Waals surface area (Å²) in [6, 6.07) is 0.117. The fourth-order valence-electron chi connectivity index (χ4n) is 2.34. The molecule has 0 aromatic heterocycles. The number of nitrogens with zero attached hydrogens (tertiary/aromatic N) is 1. The van der Waals surface area contributed by atoms with Crippen molar-refractivity contribution < 1.29 is 14.7 Å². The van der Waals surface area contributed by atoms with Crippen LogP contribution in [0.1, 0.15) is 52.9 Å². The van der Waals surface area contributed by atoms with Crippen LogP contribution >= 0.6 is 0 Å². The second-order valence-corrected chi connectivity index (χ2v) is 5.87. The Balaban J connectivity index is 2.78. The van der Waals surface area contributed by atoms with Gasteiger partial charge in [-0.05, 0) is 12.8 Å². The Morgan fingerprint density at radius 2 is 1.71 bits per heavy atom. The molecule has 0 aromatic rings. The van der Waals surface area contributed by atoms with Gasteiger partial charge in [0, 0.05) is 11.5 Å². The molecular formula is C13H23NO3. The third-order valence-corrected chi connectivity index (χ3v) is 3.22. The molecule has 0 unspecified atom stereocenters. The Morgan fingerprint density at radius 3 is 2.12 bits per heavy atom. The molecule has 1 amide bonds. The Kier molecular flexibility index (Phi) is 4.54. The van der Waals surface area contributed by atoms with E-state index in [2.05, 4.69) is 0 Å². The predicted octanol–water partition coefficient (Wildman–Crippen LogP) is 2.28. The van der Waals surface area contributed by atoms with Crippen molar-refractivity contribution in [3.63, 3.8) is 0 Å². The molecule has 0 radical (unpaired) electrons. The smallest absolute Gasteiger partial charge is 0.323 e. The summed E-state index contributed by atoms with van der Waals surface area (Å²) in [6.45, 7) is 5.35. The summed E-state index contributed by atoms with van der Waals surface area (Å²) in [5.74, 6) is -0.972. The lowest BCUT2D eigenvalue weighted by molar-refractivity contribution is -0.151. The summed E-state index contributed by atoms with van der Waals surface area (Å²) in [7, 11) is 0. The van der Waals surface area contributed by atoms with Crippen molar-refractivity contribution in [1.29, 1.82) is 0 Å². The van der Waals surface area contributed by atoms with Gasteiger partial charge in [-0.15, -0.1) is 0 Å². The normalized spacial score (nSPS) is 17.8. The van der Waals surface area contributed by atoms with Gasteiger partial charge in [0.25, 0.3) is 0 Å². The van der Waals surface area contributed by atoms with Gasteiger partial charge in [-0.1, -0.05) is 40.0 Å². The van der Waals surface area contributed by atoms with E-state index in [4.69, 9.17) is 5.11 Å². The fraction of sp³-hybridized carbons (Fsp3) is 0.846. The first-order valence-corrected chi connectivity index (χ1v) is 6.35. The van der Waals surface area contributed by atoms with Crippen LogP contribution in [0.4, 0.5) is 0 Å². The van der Waals surface area contributed by atoms with Gasteiger partial charge in [0.1, 0.15) is 6.54 Å². The Bertz CT molecular complexity index is 288. The van der Waals surface area contributed by atoms with Gasteiger partial charge in [0.15, 0.2) is 0 Å². The van der Waals surface area contributed by atoms with E-state index >= 15 is 0 Å². The Hall–Kier alpha value is -1.06. The predicted molar refractivity (Wildman–Crippen MR) is 65.7 cm³/mol. The van der Waals surface area contributed by atoms with Gasteiger partial charge in [0.05, 0.1) is 0 Å². The minimum absolute atomic E-state index is 0.0493. The molecule has 0 aromatic carbocycles. The molecule has 0 spiro atoms. The maximum absolute atomic E-state index is 12.3. The highest BCUT2D eigenvalue weighted by molar-refractivity contribution is 5.85. The molecule has 17 heavy (non-hydrogen) atoms. The fourth-order valence-corrected chi connectivity index (χ4v) is 2.34. The lowest BCUT2D eigenvalue weighted by Gasteiger charge is -2.37. The van der Waals surface area contributed by atoms with Crippen LogP contribution in [0.2, 0.25) is 0 Å². The third kappa shape index (κ3) is 4.02. The van der Waals surface area contributed by atoms with Crippen LogP contribution in [0, 0.1) is 5.41 Å². The summed E-state index contributed by atoms with van der Waals surface area (Å²) in [6.07, 6.45) is 5.27. The van der Waals surface area contributed by atoms with Gasteiger partial charge in [-0.2, -0.15) is 0 Å². The molecule has 0 atom stereocenters. The molecule has 1 rings (SSSR count). The summed E-state index contributed by atoms with van der Waals surface area (Å²) in [4.78, 5) is 24.7. The maximum Gasteiger partial charge on any atom is 0.323 e. The van der Waals surface area contributed by atoms with Crippen molar-refractivity contribution in [1.82, 2.24) is 4.90 Å². The molecule has 98 valence electrons. The largest absolute Gasteiger partial charge is 0.480 e. The van der Waals surface area contributed by atoms with Crippen LogP contribution in [0.25, 0.3) is 0 Å². The van der Waals surface area contributed by atoms with E-state index in [0.29, 0.717) is 0 Å². The number of hydrogen-bond donors (Lipinski definition) is 1. The highest BCUT2D eigenvalue weighted by Crippen LogP contribution is 2.26. The van der Waals surface area contributed by atoms with E-state index < -0.39 is 11.4 Å². The Morgan fingerprint density at radius 1 is 1.18 bits per heavy atom. The lowest BCUT2D eigenvalue weighted by atomic mass is 9.89. The van der Waals surface area contributed by atoms with Crippen molar-refractivity contribution in [2.24, 2.45) is 5.41 Å². The molecule has 1 N–H and O–H groups in total. The number of carbonyl (C=O) groups excluding carboxylic acids is 1. The average Bonchev–Trinajstić information content (AvgIpc) is 2.24. The van der Waals surface area contributed by atoms with E-state index in [1.54, 1.807) is 4.90 Å². The first-order chi connectivity index (χ1) is 7.82. The van der Waals surface area contributed by atoms with Gasteiger partial charge in [-0.25, -0.2) is 0 Å². The van der Waals surface area contributed by atoms with E-state index in [9.17, 15) is 9.59 Å². The van der Waals surface area contributed by atoms with Crippen LogP contribution in [0.15, 0.2) is 0 Å². The first kappa shape index (κ1) is 14.0. The third-order valence-electron chi connectivity index (χ3n) is 3.22. The van der Waals surface area contributed by atoms with Crippen LogP contribution < -0.4 is 0 Å². The van der Waals surface area contributed by atoms with Gasteiger partial charge < -0.3 is 10.0 Å². The van der Waals surface area contributed by atoms with E-state index in [0.717, 1.165) is 25.7 Å². The van der Waals surface area contributed by atoms with Crippen LogP contribution in [-0.2, 0) is 9.59 Å². The minimum atomic E-state index is -0.923. The summed E-state index contributed by atoms with van der Waals surface area (Å²) in [5, 5.41) is 8.94. The van der Waals surface area contributed by atoms with E-state index in [1.807, 2.05) is 20.8 Å². The van der Waals surface area contributed by atoms with Crippen LogP contribution in [0.3, 0.4) is 0 Å². The molecule has 4 nitrogen and oxygen atoms in total. The maximum atomic E-state index is 12.3. The highest BCUT2D eigenvalue weighted by Gasteiger charge is 2.33. The number of hydrogen-bond acceptors (Lipinski definition) is 2.